The minimum Gasteiger partial charge on any atom is -0.478 e. The SMILES string of the molecule is O=C(O)c1c2c(nc3ccccc13)/C(=C/c1ccc(Cl)c(Cl)c1)CC2. The van der Waals surface area contributed by atoms with Crippen molar-refractivity contribution in [2.24, 2.45) is 0 Å². The summed E-state index contributed by atoms with van der Waals surface area (Å²) in [7, 11) is 0. The molecule has 1 N–H and O–H groups in total. The molecule has 1 aliphatic rings. The molecule has 4 rings (SSSR count). The monoisotopic (exact) mass is 369 g/mol. The van der Waals surface area contributed by atoms with E-state index in [2.05, 4.69) is 0 Å². The second-order valence-corrected chi connectivity index (χ2v) is 6.79. The lowest BCUT2D eigenvalue weighted by Crippen LogP contribution is -2.05. The first-order valence-corrected chi connectivity index (χ1v) is 8.61. The molecule has 0 aliphatic heterocycles. The number of carboxylic acid groups (broad SMARTS) is 1. The van der Waals surface area contributed by atoms with E-state index in [0.717, 1.165) is 28.8 Å². The van der Waals surface area contributed by atoms with Crippen molar-refractivity contribution >= 4 is 51.7 Å². The third-order valence-corrected chi connectivity index (χ3v) is 5.18. The molecule has 0 fully saturated rings. The zero-order chi connectivity index (χ0) is 17.6. The number of carboxylic acids is 1. The predicted octanol–water partition coefficient (Wildman–Crippen LogP) is 5.73. The fourth-order valence-electron chi connectivity index (χ4n) is 3.33. The van der Waals surface area contributed by atoms with Crippen LogP contribution in [-0.4, -0.2) is 16.1 Å². The first-order chi connectivity index (χ1) is 12.0. The molecule has 5 heteroatoms. The Labute approximate surface area is 154 Å². The molecular weight excluding hydrogens is 357 g/mol. The van der Waals surface area contributed by atoms with Crippen molar-refractivity contribution < 1.29 is 9.90 Å². The molecule has 124 valence electrons. The van der Waals surface area contributed by atoms with Crippen LogP contribution in [0, 0.1) is 0 Å². The number of para-hydroxylation sites is 1. The summed E-state index contributed by atoms with van der Waals surface area (Å²) in [6.07, 6.45) is 3.42. The number of pyridine rings is 1. The molecule has 2 aromatic carbocycles. The maximum absolute atomic E-state index is 11.8. The smallest absolute Gasteiger partial charge is 0.336 e. The standard InChI is InChI=1S/C20H13Cl2NO2/c21-15-8-5-11(10-16(15)22)9-12-6-7-14-18(20(24)25)13-3-1-2-4-17(13)23-19(12)14/h1-5,8-10H,6-7H2,(H,24,25)/b12-9+. The van der Waals surface area contributed by atoms with Crippen molar-refractivity contribution in [1.29, 1.82) is 0 Å². The average molecular weight is 370 g/mol. The van der Waals surface area contributed by atoms with Crippen LogP contribution in [0.15, 0.2) is 42.5 Å². The highest BCUT2D eigenvalue weighted by molar-refractivity contribution is 6.42. The number of benzene rings is 2. The van der Waals surface area contributed by atoms with Crippen LogP contribution in [0.4, 0.5) is 0 Å². The van der Waals surface area contributed by atoms with Crippen LogP contribution in [-0.2, 0) is 6.42 Å². The van der Waals surface area contributed by atoms with Crippen LogP contribution in [0.5, 0.6) is 0 Å². The molecular formula is C20H13Cl2NO2. The van der Waals surface area contributed by atoms with Crippen molar-refractivity contribution in [2.75, 3.05) is 0 Å². The molecule has 3 nitrogen and oxygen atoms in total. The third-order valence-electron chi connectivity index (χ3n) is 4.44. The Kier molecular flexibility index (Phi) is 3.98. The number of aromatic nitrogens is 1. The van der Waals surface area contributed by atoms with Gasteiger partial charge in [-0.25, -0.2) is 9.78 Å². The van der Waals surface area contributed by atoms with Gasteiger partial charge in [-0.3, -0.25) is 0 Å². The number of nitrogens with zero attached hydrogens (tertiary/aromatic N) is 1. The molecule has 0 bridgehead atoms. The maximum atomic E-state index is 11.8. The van der Waals surface area contributed by atoms with Crippen molar-refractivity contribution in [1.82, 2.24) is 4.98 Å². The van der Waals surface area contributed by atoms with Gasteiger partial charge in [0.05, 0.1) is 26.8 Å². The Bertz CT molecular complexity index is 1060. The van der Waals surface area contributed by atoms with Crippen LogP contribution < -0.4 is 0 Å². The zero-order valence-electron chi connectivity index (χ0n) is 13.1. The van der Waals surface area contributed by atoms with E-state index in [0.29, 0.717) is 32.9 Å². The van der Waals surface area contributed by atoms with Crippen LogP contribution in [0.2, 0.25) is 10.0 Å². The maximum Gasteiger partial charge on any atom is 0.336 e. The minimum absolute atomic E-state index is 0.359. The lowest BCUT2D eigenvalue weighted by atomic mass is 10.0. The number of carbonyl (C=O) groups is 1. The van der Waals surface area contributed by atoms with Crippen LogP contribution in [0.1, 0.15) is 33.6 Å². The Morgan fingerprint density at radius 3 is 2.64 bits per heavy atom. The summed E-state index contributed by atoms with van der Waals surface area (Å²) in [6, 6.07) is 12.8. The Hall–Kier alpha value is -2.36. The van der Waals surface area contributed by atoms with Gasteiger partial charge in [0.1, 0.15) is 0 Å². The van der Waals surface area contributed by atoms with E-state index in [1.807, 2.05) is 36.4 Å². The van der Waals surface area contributed by atoms with Gasteiger partial charge in [0.2, 0.25) is 0 Å². The van der Waals surface area contributed by atoms with Crippen molar-refractivity contribution in [3.05, 3.63) is 74.9 Å². The van der Waals surface area contributed by atoms with E-state index in [4.69, 9.17) is 28.2 Å². The highest BCUT2D eigenvalue weighted by Gasteiger charge is 2.26. The van der Waals surface area contributed by atoms with Crippen molar-refractivity contribution in [2.45, 2.75) is 12.8 Å². The number of allylic oxidation sites excluding steroid dienone is 1. The minimum atomic E-state index is -0.911. The quantitative estimate of drug-likeness (QED) is 0.627. The number of hydrogen-bond acceptors (Lipinski definition) is 2. The van der Waals surface area contributed by atoms with Gasteiger partial charge in [0.25, 0.3) is 0 Å². The summed E-state index contributed by atoms with van der Waals surface area (Å²) in [6.45, 7) is 0. The number of aromatic carboxylic acids is 1. The number of rotatable bonds is 2. The molecule has 25 heavy (non-hydrogen) atoms. The molecule has 1 heterocycles. The van der Waals surface area contributed by atoms with E-state index >= 15 is 0 Å². The Balaban J connectivity index is 1.91. The Morgan fingerprint density at radius 2 is 1.88 bits per heavy atom. The Morgan fingerprint density at radius 1 is 1.08 bits per heavy atom. The van der Waals surface area contributed by atoms with Gasteiger partial charge < -0.3 is 5.11 Å². The summed E-state index contributed by atoms with van der Waals surface area (Å²) < 4.78 is 0. The number of hydrogen-bond donors (Lipinski definition) is 1. The summed E-state index contributed by atoms with van der Waals surface area (Å²) in [5.74, 6) is -0.911. The van der Waals surface area contributed by atoms with E-state index < -0.39 is 5.97 Å². The summed E-state index contributed by atoms with van der Waals surface area (Å²) >= 11 is 12.1. The fourth-order valence-corrected chi connectivity index (χ4v) is 3.63. The average Bonchev–Trinajstić information content (AvgIpc) is 2.98. The molecule has 0 radical (unpaired) electrons. The second kappa shape index (κ2) is 6.17. The topological polar surface area (TPSA) is 50.2 Å². The number of halogens is 2. The molecule has 0 saturated carbocycles. The number of fused-ring (bicyclic) bond motifs is 2. The van der Waals surface area contributed by atoms with E-state index in [-0.39, 0.29) is 0 Å². The summed E-state index contributed by atoms with van der Waals surface area (Å²) in [5, 5.41) is 11.4. The van der Waals surface area contributed by atoms with Crippen molar-refractivity contribution in [3.63, 3.8) is 0 Å². The van der Waals surface area contributed by atoms with Gasteiger partial charge in [-0.05, 0) is 53.8 Å². The molecule has 0 unspecified atom stereocenters. The van der Waals surface area contributed by atoms with E-state index in [1.54, 1.807) is 12.1 Å². The molecule has 0 saturated heterocycles. The van der Waals surface area contributed by atoms with Gasteiger partial charge in [0.15, 0.2) is 0 Å². The molecule has 0 amide bonds. The van der Waals surface area contributed by atoms with Crippen LogP contribution in [0.25, 0.3) is 22.6 Å². The largest absolute Gasteiger partial charge is 0.478 e. The summed E-state index contributed by atoms with van der Waals surface area (Å²) in [5.41, 5.74) is 4.56. The molecule has 1 aromatic heterocycles. The normalized spacial score (nSPS) is 14.9. The van der Waals surface area contributed by atoms with E-state index in [1.165, 1.54) is 0 Å². The highest BCUT2D eigenvalue weighted by Crippen LogP contribution is 2.37. The van der Waals surface area contributed by atoms with Crippen LogP contribution in [0.3, 0.4) is 0 Å². The predicted molar refractivity (Wildman–Crippen MR) is 101 cm³/mol. The van der Waals surface area contributed by atoms with Gasteiger partial charge in [0, 0.05) is 5.39 Å². The zero-order valence-corrected chi connectivity index (χ0v) is 14.6. The fraction of sp³-hybridized carbons (Fsp3) is 0.100. The third kappa shape index (κ3) is 2.80. The first-order valence-electron chi connectivity index (χ1n) is 7.85. The summed E-state index contributed by atoms with van der Waals surface area (Å²) in [4.78, 5) is 16.6. The molecule has 0 atom stereocenters. The van der Waals surface area contributed by atoms with Crippen molar-refractivity contribution in [3.8, 4) is 0 Å². The second-order valence-electron chi connectivity index (χ2n) is 5.98. The van der Waals surface area contributed by atoms with Gasteiger partial charge >= 0.3 is 5.97 Å². The molecule has 1 aliphatic carbocycles. The molecule has 0 spiro atoms. The first kappa shape index (κ1) is 16.1. The van der Waals surface area contributed by atoms with Gasteiger partial charge in [-0.15, -0.1) is 0 Å². The van der Waals surface area contributed by atoms with E-state index in [9.17, 15) is 9.90 Å². The highest BCUT2D eigenvalue weighted by atomic mass is 35.5. The van der Waals surface area contributed by atoms with Gasteiger partial charge in [-0.1, -0.05) is 47.5 Å². The van der Waals surface area contributed by atoms with Crippen LogP contribution >= 0.6 is 23.2 Å². The lowest BCUT2D eigenvalue weighted by Gasteiger charge is -2.09. The molecule has 3 aromatic rings. The lowest BCUT2D eigenvalue weighted by molar-refractivity contribution is 0.0698. The van der Waals surface area contributed by atoms with Gasteiger partial charge in [-0.2, -0.15) is 0 Å².